The first-order valence-electron chi connectivity index (χ1n) is 14.4. The number of anilines is 1. The van der Waals surface area contributed by atoms with E-state index in [1.54, 1.807) is 36.4 Å². The van der Waals surface area contributed by atoms with E-state index in [2.05, 4.69) is 15.3 Å². The molecule has 43 heavy (non-hydrogen) atoms. The van der Waals surface area contributed by atoms with Crippen molar-refractivity contribution in [2.75, 3.05) is 77.9 Å². The molecule has 0 aliphatic heterocycles. The van der Waals surface area contributed by atoms with Gasteiger partial charge >= 0.3 is 5.97 Å². The number of rotatable bonds is 23. The molecule has 0 aliphatic carbocycles. The second-order valence-corrected chi connectivity index (χ2v) is 10.3. The molecule has 2 rings (SSSR count). The van der Waals surface area contributed by atoms with Gasteiger partial charge in [0.25, 0.3) is 0 Å². The van der Waals surface area contributed by atoms with E-state index >= 15 is 0 Å². The summed E-state index contributed by atoms with van der Waals surface area (Å²) < 4.78 is 32.7. The predicted octanol–water partition coefficient (Wildman–Crippen LogP) is 5.21. The molecule has 0 atom stereocenters. The minimum Gasteiger partial charge on any atom is -0.494 e. The lowest BCUT2D eigenvalue weighted by Gasteiger charge is -2.19. The van der Waals surface area contributed by atoms with Gasteiger partial charge in [-0.3, -0.25) is 9.59 Å². The Labute approximate surface area is 253 Å². The number of hydrogen-bond acceptors (Lipinski definition) is 10. The van der Waals surface area contributed by atoms with Crippen molar-refractivity contribution in [1.82, 2.24) is 0 Å². The largest absolute Gasteiger partial charge is 0.494 e. The fourth-order valence-electron chi connectivity index (χ4n) is 3.56. The highest BCUT2D eigenvalue weighted by Crippen LogP contribution is 2.17. The monoisotopic (exact) mass is 600 g/mol. The van der Waals surface area contributed by atoms with Gasteiger partial charge in [-0.1, -0.05) is 5.11 Å². The second kappa shape index (κ2) is 21.1. The lowest BCUT2D eigenvalue weighted by Crippen LogP contribution is -2.24. The van der Waals surface area contributed by atoms with Crippen molar-refractivity contribution in [3.8, 4) is 5.75 Å². The minimum absolute atomic E-state index is 0.0705. The molecule has 0 radical (unpaired) electrons. The van der Waals surface area contributed by atoms with Crippen LogP contribution in [0.1, 0.15) is 49.5 Å². The highest BCUT2D eigenvalue weighted by molar-refractivity contribution is 6.09. The summed E-state index contributed by atoms with van der Waals surface area (Å²) in [6, 6.07) is 14.3. The third-order valence-corrected chi connectivity index (χ3v) is 5.56. The van der Waals surface area contributed by atoms with Gasteiger partial charge in [-0.15, -0.1) is 0 Å². The number of benzene rings is 2. The van der Waals surface area contributed by atoms with Crippen molar-refractivity contribution in [1.29, 1.82) is 0 Å². The Kier molecular flexibility index (Phi) is 17.4. The van der Waals surface area contributed by atoms with E-state index < -0.39 is 5.60 Å². The molecule has 0 saturated heterocycles. The average Bonchev–Trinajstić information content (AvgIpc) is 2.98. The first-order chi connectivity index (χ1) is 20.8. The van der Waals surface area contributed by atoms with Gasteiger partial charge in [0, 0.05) is 34.8 Å². The molecule has 0 amide bonds. The molecular formula is C31H44N4O8. The van der Waals surface area contributed by atoms with E-state index in [4.69, 9.17) is 34.0 Å². The zero-order chi connectivity index (χ0) is 31.2. The Bertz CT molecular complexity index is 1110. The molecule has 0 aliphatic rings. The summed E-state index contributed by atoms with van der Waals surface area (Å²) in [6.45, 7) is 10.5. The number of ether oxygens (including phenoxy) is 6. The summed E-state index contributed by atoms with van der Waals surface area (Å²) in [5.74, 6) is 0.317. The first-order valence-corrected chi connectivity index (χ1v) is 14.4. The van der Waals surface area contributed by atoms with E-state index in [0.29, 0.717) is 95.8 Å². The lowest BCUT2D eigenvalue weighted by molar-refractivity contribution is -0.156. The Morgan fingerprint density at radius 3 is 1.86 bits per heavy atom. The van der Waals surface area contributed by atoms with E-state index in [0.717, 1.165) is 5.69 Å². The maximum absolute atomic E-state index is 12.8. The van der Waals surface area contributed by atoms with E-state index in [1.165, 1.54) is 0 Å². The standard InChI is InChI=1S/C31H44N4O8/c1-31(2,3)43-29(36)13-17-38-19-21-40-23-24-41-22-20-39-18-15-33-27-9-5-25(6-10-27)30(37)26-7-11-28(12-8-26)42-16-4-14-34-35-32/h5-12,33H,4,13-24H2,1-3H3. The molecule has 2 aromatic carbocycles. The van der Waals surface area contributed by atoms with Crippen LogP contribution in [0, 0.1) is 0 Å². The van der Waals surface area contributed by atoms with Gasteiger partial charge in [0.05, 0.1) is 65.9 Å². The van der Waals surface area contributed by atoms with Crippen molar-refractivity contribution < 1.29 is 38.0 Å². The van der Waals surface area contributed by atoms with Crippen LogP contribution in [0.25, 0.3) is 10.4 Å². The van der Waals surface area contributed by atoms with Gasteiger partial charge in [0.15, 0.2) is 5.78 Å². The Morgan fingerprint density at radius 2 is 1.30 bits per heavy atom. The molecule has 0 heterocycles. The topological polar surface area (TPSA) is 150 Å². The number of hydrogen-bond donors (Lipinski definition) is 1. The molecule has 0 aromatic heterocycles. The number of nitrogens with one attached hydrogen (secondary N) is 1. The van der Waals surface area contributed by atoms with E-state index in [1.807, 2.05) is 32.9 Å². The normalized spacial score (nSPS) is 11.0. The Morgan fingerprint density at radius 1 is 0.767 bits per heavy atom. The molecular weight excluding hydrogens is 556 g/mol. The summed E-state index contributed by atoms with van der Waals surface area (Å²) in [5, 5.41) is 6.73. The van der Waals surface area contributed by atoms with E-state index in [9.17, 15) is 9.59 Å². The van der Waals surface area contributed by atoms with Crippen LogP contribution in [-0.2, 0) is 28.5 Å². The highest BCUT2D eigenvalue weighted by atomic mass is 16.6. The smallest absolute Gasteiger partial charge is 0.308 e. The molecule has 12 nitrogen and oxygen atoms in total. The van der Waals surface area contributed by atoms with Crippen LogP contribution in [0.4, 0.5) is 5.69 Å². The molecule has 0 unspecified atom stereocenters. The van der Waals surface area contributed by atoms with Crippen LogP contribution in [-0.4, -0.2) is 89.9 Å². The molecule has 236 valence electrons. The number of carbonyl (C=O) groups excluding carboxylic acids is 2. The SMILES string of the molecule is CC(C)(C)OC(=O)CCOCCOCCOCCOCCNc1ccc(C(=O)c2ccc(OCCCN=[N+]=[N-])cc2)cc1. The number of azide groups is 1. The number of carbonyl (C=O) groups is 2. The number of ketones is 1. The summed E-state index contributed by atoms with van der Waals surface area (Å²) >= 11 is 0. The summed E-state index contributed by atoms with van der Waals surface area (Å²) in [7, 11) is 0. The van der Waals surface area contributed by atoms with Crippen LogP contribution in [0.2, 0.25) is 0 Å². The van der Waals surface area contributed by atoms with Crippen LogP contribution in [0.5, 0.6) is 5.75 Å². The quantitative estimate of drug-likeness (QED) is 0.0453. The molecule has 12 heteroatoms. The van der Waals surface area contributed by atoms with Crippen LogP contribution < -0.4 is 10.1 Å². The molecule has 0 spiro atoms. The average molecular weight is 601 g/mol. The molecule has 2 aromatic rings. The number of esters is 1. The highest BCUT2D eigenvalue weighted by Gasteiger charge is 2.15. The third kappa shape index (κ3) is 17.1. The fraction of sp³-hybridized carbons (Fsp3) is 0.548. The van der Waals surface area contributed by atoms with Crippen molar-refractivity contribution in [2.45, 2.75) is 39.2 Å². The van der Waals surface area contributed by atoms with Crippen LogP contribution in [0.3, 0.4) is 0 Å². The van der Waals surface area contributed by atoms with Gasteiger partial charge in [0.2, 0.25) is 0 Å². The maximum Gasteiger partial charge on any atom is 0.308 e. The minimum atomic E-state index is -0.481. The third-order valence-electron chi connectivity index (χ3n) is 5.56. The zero-order valence-corrected chi connectivity index (χ0v) is 25.4. The zero-order valence-electron chi connectivity index (χ0n) is 25.4. The van der Waals surface area contributed by atoms with Crippen LogP contribution in [0.15, 0.2) is 53.6 Å². The molecule has 0 fully saturated rings. The van der Waals surface area contributed by atoms with Gasteiger partial charge in [-0.2, -0.15) is 0 Å². The molecule has 0 saturated carbocycles. The molecule has 0 bridgehead atoms. The maximum atomic E-state index is 12.8. The Balaban J connectivity index is 1.46. The predicted molar refractivity (Wildman–Crippen MR) is 163 cm³/mol. The van der Waals surface area contributed by atoms with Crippen LogP contribution >= 0.6 is 0 Å². The summed E-state index contributed by atoms with van der Waals surface area (Å²) in [4.78, 5) is 27.1. The Hall–Kier alpha value is -3.67. The van der Waals surface area contributed by atoms with Crippen molar-refractivity contribution in [2.24, 2.45) is 5.11 Å². The fourth-order valence-corrected chi connectivity index (χ4v) is 3.56. The lowest BCUT2D eigenvalue weighted by atomic mass is 10.0. The first kappa shape index (κ1) is 35.5. The van der Waals surface area contributed by atoms with Crippen molar-refractivity contribution >= 4 is 17.4 Å². The van der Waals surface area contributed by atoms with Gasteiger partial charge in [-0.25, -0.2) is 0 Å². The van der Waals surface area contributed by atoms with Crippen molar-refractivity contribution in [3.05, 3.63) is 70.1 Å². The molecule has 1 N–H and O–H groups in total. The van der Waals surface area contributed by atoms with Crippen molar-refractivity contribution in [3.63, 3.8) is 0 Å². The van der Waals surface area contributed by atoms with E-state index in [-0.39, 0.29) is 18.2 Å². The van der Waals surface area contributed by atoms with Gasteiger partial charge in [0.1, 0.15) is 11.4 Å². The number of nitrogens with zero attached hydrogens (tertiary/aromatic N) is 3. The summed E-state index contributed by atoms with van der Waals surface area (Å²) in [6.07, 6.45) is 0.850. The van der Waals surface area contributed by atoms with Gasteiger partial charge in [-0.05, 0) is 81.3 Å². The second-order valence-electron chi connectivity index (χ2n) is 10.3. The van der Waals surface area contributed by atoms with Gasteiger partial charge < -0.3 is 33.7 Å². The summed E-state index contributed by atoms with van der Waals surface area (Å²) in [5.41, 5.74) is 9.86.